The molecule has 1 aromatic heterocycles. The molecule has 35 heavy (non-hydrogen) atoms. The maximum Gasteiger partial charge on any atom is 0.158 e. The molecule has 0 spiro atoms. The Balaban J connectivity index is 1.20. The van der Waals surface area contributed by atoms with Crippen molar-refractivity contribution in [1.29, 1.82) is 0 Å². The molecule has 0 aliphatic carbocycles. The van der Waals surface area contributed by atoms with Crippen molar-refractivity contribution in [3.05, 3.63) is 82.4 Å². The number of pyridine rings is 1. The van der Waals surface area contributed by atoms with Gasteiger partial charge in [0.2, 0.25) is 0 Å². The van der Waals surface area contributed by atoms with Gasteiger partial charge in [-0.1, -0.05) is 29.7 Å². The Hall–Kier alpha value is -2.91. The smallest absolute Gasteiger partial charge is 0.158 e. The number of ether oxygens (including phenoxy) is 1. The lowest BCUT2D eigenvalue weighted by Crippen LogP contribution is -2.46. The second-order valence-corrected chi connectivity index (χ2v) is 9.82. The number of rotatable bonds is 5. The quantitative estimate of drug-likeness (QED) is 0.472. The summed E-state index contributed by atoms with van der Waals surface area (Å²) in [5.41, 5.74) is 3.40. The van der Waals surface area contributed by atoms with Crippen molar-refractivity contribution in [2.24, 2.45) is 0 Å². The number of aliphatic hydroxyl groups is 1. The lowest BCUT2D eigenvalue weighted by Gasteiger charge is -2.37. The van der Waals surface area contributed by atoms with E-state index in [0.29, 0.717) is 29.3 Å². The van der Waals surface area contributed by atoms with Crippen LogP contribution in [-0.4, -0.2) is 46.3 Å². The van der Waals surface area contributed by atoms with E-state index in [1.807, 2.05) is 37.3 Å². The highest BCUT2D eigenvalue weighted by molar-refractivity contribution is 6.30. The van der Waals surface area contributed by atoms with Crippen LogP contribution in [-0.2, 0) is 0 Å². The standard InChI is InChI=1S/C29H28ClFN2O2/c1-19-14-20(2-10-28-27(31)15-22(18-32-28)21-4-6-23(30)7-5-21)3-11-29(19)35-13-12-33-24-8-9-25(33)17-26(34)16-24/h3-7,11,14-15,18,24-26,34H,8-9,12-13,16-17H2,1H3. The second-order valence-electron chi connectivity index (χ2n) is 9.39. The summed E-state index contributed by atoms with van der Waals surface area (Å²) in [6.45, 7) is 3.48. The van der Waals surface area contributed by atoms with Gasteiger partial charge in [0.15, 0.2) is 5.82 Å². The van der Waals surface area contributed by atoms with Crippen LogP contribution in [0.15, 0.2) is 54.7 Å². The molecule has 2 saturated heterocycles. The Morgan fingerprint density at radius 3 is 2.49 bits per heavy atom. The van der Waals surface area contributed by atoms with Crippen LogP contribution in [0.4, 0.5) is 4.39 Å². The highest BCUT2D eigenvalue weighted by Gasteiger charge is 2.39. The van der Waals surface area contributed by atoms with Gasteiger partial charge in [-0.05, 0) is 86.1 Å². The summed E-state index contributed by atoms with van der Waals surface area (Å²) in [6.07, 6.45) is 5.57. The number of piperidine rings is 1. The van der Waals surface area contributed by atoms with Crippen molar-refractivity contribution < 1.29 is 14.2 Å². The van der Waals surface area contributed by atoms with Crippen LogP contribution in [0.3, 0.4) is 0 Å². The average molecular weight is 491 g/mol. The average Bonchev–Trinajstić information content (AvgIpc) is 3.08. The zero-order valence-corrected chi connectivity index (χ0v) is 20.4. The lowest BCUT2D eigenvalue weighted by atomic mass is 10.0. The SMILES string of the molecule is Cc1cc(C#Cc2ncc(-c3ccc(Cl)cc3)cc2F)ccc1OCCN1C2CCC1CC(O)C2. The van der Waals surface area contributed by atoms with E-state index in [4.69, 9.17) is 16.3 Å². The van der Waals surface area contributed by atoms with Crippen LogP contribution in [0.1, 0.15) is 42.5 Å². The van der Waals surface area contributed by atoms with Gasteiger partial charge in [0.25, 0.3) is 0 Å². The van der Waals surface area contributed by atoms with Crippen LogP contribution < -0.4 is 4.74 Å². The monoisotopic (exact) mass is 490 g/mol. The molecular formula is C29H28ClFN2O2. The molecule has 2 atom stereocenters. The Morgan fingerprint density at radius 1 is 1.06 bits per heavy atom. The number of hydrogen-bond donors (Lipinski definition) is 1. The number of aliphatic hydroxyl groups excluding tert-OH is 1. The Kier molecular flexibility index (Phi) is 7.06. The number of hydrogen-bond acceptors (Lipinski definition) is 4. The molecule has 2 aliphatic rings. The molecule has 180 valence electrons. The molecule has 3 aromatic rings. The lowest BCUT2D eigenvalue weighted by molar-refractivity contribution is 0.0287. The van der Waals surface area contributed by atoms with Crippen LogP contribution in [0.5, 0.6) is 5.75 Å². The molecule has 0 saturated carbocycles. The number of aromatic nitrogens is 1. The van der Waals surface area contributed by atoms with E-state index in [1.54, 1.807) is 18.3 Å². The molecule has 1 N–H and O–H groups in total. The second kappa shape index (κ2) is 10.4. The fourth-order valence-corrected chi connectivity index (χ4v) is 5.35. The topological polar surface area (TPSA) is 45.6 Å². The Bertz CT molecular complexity index is 1250. The molecule has 0 amide bonds. The largest absolute Gasteiger partial charge is 0.492 e. The highest BCUT2D eigenvalue weighted by atomic mass is 35.5. The van der Waals surface area contributed by atoms with E-state index in [-0.39, 0.29) is 11.8 Å². The maximum absolute atomic E-state index is 14.6. The van der Waals surface area contributed by atoms with E-state index in [9.17, 15) is 9.50 Å². The van der Waals surface area contributed by atoms with Crippen molar-refractivity contribution in [1.82, 2.24) is 9.88 Å². The zero-order chi connectivity index (χ0) is 24.4. The fraction of sp³-hybridized carbons (Fsp3) is 0.345. The van der Waals surface area contributed by atoms with Crippen LogP contribution >= 0.6 is 11.6 Å². The van der Waals surface area contributed by atoms with E-state index >= 15 is 0 Å². The number of benzene rings is 2. The maximum atomic E-state index is 14.6. The predicted molar refractivity (Wildman–Crippen MR) is 136 cm³/mol. The zero-order valence-electron chi connectivity index (χ0n) is 19.7. The highest BCUT2D eigenvalue weighted by Crippen LogP contribution is 2.35. The number of nitrogens with zero attached hydrogens (tertiary/aromatic N) is 2. The van der Waals surface area contributed by atoms with Crippen molar-refractivity contribution in [3.63, 3.8) is 0 Å². The Morgan fingerprint density at radius 2 is 1.80 bits per heavy atom. The molecular weight excluding hydrogens is 463 g/mol. The van der Waals surface area contributed by atoms with Crippen LogP contribution in [0.25, 0.3) is 11.1 Å². The van der Waals surface area contributed by atoms with Crippen molar-refractivity contribution in [2.45, 2.75) is 50.8 Å². The first kappa shape index (κ1) is 23.8. The molecule has 2 aliphatic heterocycles. The number of fused-ring (bicyclic) bond motifs is 2. The first-order valence-corrected chi connectivity index (χ1v) is 12.4. The van der Waals surface area contributed by atoms with Crippen molar-refractivity contribution in [2.75, 3.05) is 13.2 Å². The summed E-state index contributed by atoms with van der Waals surface area (Å²) in [5, 5.41) is 10.6. The molecule has 0 radical (unpaired) electrons. The molecule has 2 bridgehead atoms. The third kappa shape index (κ3) is 5.51. The van der Waals surface area contributed by atoms with Crippen LogP contribution in [0.2, 0.25) is 5.02 Å². The fourth-order valence-electron chi connectivity index (χ4n) is 5.22. The number of aryl methyl sites for hydroxylation is 1. The van der Waals surface area contributed by atoms with Crippen molar-refractivity contribution in [3.8, 4) is 28.7 Å². The first-order chi connectivity index (χ1) is 17.0. The van der Waals surface area contributed by atoms with Gasteiger partial charge in [-0.15, -0.1) is 0 Å². The van der Waals surface area contributed by atoms with E-state index in [2.05, 4.69) is 21.7 Å². The van der Waals surface area contributed by atoms with Gasteiger partial charge < -0.3 is 9.84 Å². The third-order valence-electron chi connectivity index (χ3n) is 6.99. The third-order valence-corrected chi connectivity index (χ3v) is 7.24. The van der Waals surface area contributed by atoms with Gasteiger partial charge in [-0.25, -0.2) is 9.37 Å². The van der Waals surface area contributed by atoms with E-state index in [1.165, 1.54) is 18.9 Å². The molecule has 2 aromatic carbocycles. The summed E-state index contributed by atoms with van der Waals surface area (Å²) in [4.78, 5) is 6.71. The normalized spacial score (nSPS) is 21.4. The number of halogens is 2. The van der Waals surface area contributed by atoms with Gasteiger partial charge in [0, 0.05) is 41.0 Å². The molecule has 2 fully saturated rings. The minimum atomic E-state index is -0.458. The van der Waals surface area contributed by atoms with E-state index < -0.39 is 5.82 Å². The first-order valence-electron chi connectivity index (χ1n) is 12.1. The predicted octanol–water partition coefficient (Wildman–Crippen LogP) is 5.62. The molecule has 6 heteroatoms. The minimum absolute atomic E-state index is 0.113. The molecule has 5 rings (SSSR count). The van der Waals surface area contributed by atoms with Gasteiger partial charge in [0.1, 0.15) is 18.1 Å². The molecule has 2 unspecified atom stereocenters. The van der Waals surface area contributed by atoms with Gasteiger partial charge in [0.05, 0.1) is 6.10 Å². The van der Waals surface area contributed by atoms with Crippen molar-refractivity contribution >= 4 is 11.6 Å². The summed E-state index contributed by atoms with van der Waals surface area (Å²) >= 11 is 5.92. The van der Waals surface area contributed by atoms with E-state index in [0.717, 1.165) is 41.8 Å². The molecule has 4 nitrogen and oxygen atoms in total. The summed E-state index contributed by atoms with van der Waals surface area (Å²) in [7, 11) is 0. The summed E-state index contributed by atoms with van der Waals surface area (Å²) < 4.78 is 20.7. The molecule has 3 heterocycles. The van der Waals surface area contributed by atoms with Gasteiger partial charge in [-0.2, -0.15) is 0 Å². The summed E-state index contributed by atoms with van der Waals surface area (Å²) in [6, 6.07) is 15.4. The van der Waals surface area contributed by atoms with Gasteiger partial charge in [-0.3, -0.25) is 4.90 Å². The van der Waals surface area contributed by atoms with Crippen LogP contribution in [0, 0.1) is 24.6 Å². The Labute approximate surface area is 210 Å². The minimum Gasteiger partial charge on any atom is -0.492 e. The summed E-state index contributed by atoms with van der Waals surface area (Å²) in [5.74, 6) is 6.23. The van der Waals surface area contributed by atoms with Gasteiger partial charge >= 0.3 is 0 Å².